The van der Waals surface area contributed by atoms with E-state index in [2.05, 4.69) is 20.8 Å². The van der Waals surface area contributed by atoms with Crippen molar-refractivity contribution in [2.75, 3.05) is 13.0 Å². The minimum Gasteiger partial charge on any atom is -0.461 e. The summed E-state index contributed by atoms with van der Waals surface area (Å²) >= 11 is 0. The molecule has 354 valence electrons. The van der Waals surface area contributed by atoms with Crippen LogP contribution in [-0.2, 0) is 62.0 Å². The van der Waals surface area contributed by atoms with Gasteiger partial charge in [-0.2, -0.15) is 0 Å². The highest BCUT2D eigenvalue weighted by Gasteiger charge is 2.65. The van der Waals surface area contributed by atoms with Gasteiger partial charge in [0.1, 0.15) is 6.61 Å². The van der Waals surface area contributed by atoms with Crippen LogP contribution >= 0.6 is 7.60 Å². The van der Waals surface area contributed by atoms with Crippen LogP contribution in [0, 0.1) is 52.3 Å². The van der Waals surface area contributed by atoms with Crippen LogP contribution in [-0.4, -0.2) is 64.5 Å². The van der Waals surface area contributed by atoms with E-state index in [0.29, 0.717) is 19.3 Å². The number of ether oxygens (including phenoxy) is 3. The van der Waals surface area contributed by atoms with Crippen LogP contribution in [0.1, 0.15) is 108 Å². The van der Waals surface area contributed by atoms with Crippen LogP contribution in [0.25, 0.3) is 0 Å². The zero-order valence-electron chi connectivity index (χ0n) is 38.2. The Balaban J connectivity index is 0.910. The molecule has 7 rings (SSSR count). The summed E-state index contributed by atoms with van der Waals surface area (Å²) in [5.41, 5.74) is 1.91. The average Bonchev–Trinajstić information content (AvgIpc) is 3.67. The summed E-state index contributed by atoms with van der Waals surface area (Å²) in [6.07, 6.45) is 4.27. The van der Waals surface area contributed by atoms with Gasteiger partial charge in [-0.25, -0.2) is 0 Å². The lowest BCUT2D eigenvalue weighted by Crippen LogP contribution is -2.62. The van der Waals surface area contributed by atoms with E-state index < -0.39 is 50.4 Å². The van der Waals surface area contributed by atoms with Crippen molar-refractivity contribution in [3.8, 4) is 0 Å². The number of aliphatic hydroxyl groups is 3. The summed E-state index contributed by atoms with van der Waals surface area (Å²) in [6, 6.07) is 27.6. The Morgan fingerprint density at radius 3 is 1.83 bits per heavy atom. The van der Waals surface area contributed by atoms with E-state index in [9.17, 15) is 34.3 Å². The molecule has 4 fully saturated rings. The summed E-state index contributed by atoms with van der Waals surface area (Å²) in [5.74, 6) is -1.92. The van der Waals surface area contributed by atoms with Crippen LogP contribution in [0.3, 0.4) is 0 Å². The standard InChI is InChI=1S/C52H69O12P/c1-35(42-21-22-43-49-44(29-46(55)52(42,43)3)51(2)26-25-41(53)27-40(51)28-45(49)54)19-23-47(56)61-34-62-48(57)24-20-39(50(58)60-30-36-13-7-4-8-14-36)33-65(59,63-31-37-15-9-5-10-16-37)64-32-38-17-11-6-12-18-38/h4-18,35,39-46,49,53-55H,19-34H2,1-3H3/t35-,39?,40?,41-,42?,43?,44?,45-,46+,49?,51+,52-/m1/s1. The SMILES string of the molecule is C[C@H](CCC(=O)OCOC(=O)CCC(CP(=O)(OCc1ccccc1)OCc1ccccc1)C(=O)OCc1ccccc1)C1CCC2C3C(C[C@H](O)[C@@]21C)[C@@]1(C)CC[C@@H](O)CC1C[C@H]3O. The van der Waals surface area contributed by atoms with Crippen LogP contribution < -0.4 is 0 Å². The minimum atomic E-state index is -3.96. The lowest BCUT2D eigenvalue weighted by Gasteiger charge is -2.63. The van der Waals surface area contributed by atoms with E-state index >= 15 is 0 Å². The molecule has 4 aliphatic carbocycles. The Morgan fingerprint density at radius 2 is 1.25 bits per heavy atom. The molecule has 3 aromatic carbocycles. The van der Waals surface area contributed by atoms with E-state index in [1.165, 1.54) is 0 Å². The normalized spacial score (nSPS) is 30.5. The first-order chi connectivity index (χ1) is 31.2. The number of benzene rings is 3. The fourth-order valence-electron chi connectivity index (χ4n) is 12.3. The second-order valence-electron chi connectivity index (χ2n) is 19.8. The van der Waals surface area contributed by atoms with Crippen molar-refractivity contribution in [3.05, 3.63) is 108 Å². The molecular formula is C52H69O12P. The quantitative estimate of drug-likeness (QED) is 0.0558. The number of esters is 3. The second kappa shape index (κ2) is 21.8. The molecule has 13 heteroatoms. The molecule has 12 nitrogen and oxygen atoms in total. The molecule has 0 radical (unpaired) electrons. The smallest absolute Gasteiger partial charge is 0.332 e. The molecule has 0 aromatic heterocycles. The summed E-state index contributed by atoms with van der Waals surface area (Å²) in [6.45, 7) is 5.99. The van der Waals surface area contributed by atoms with Gasteiger partial charge in [-0.1, -0.05) is 112 Å². The van der Waals surface area contributed by atoms with Gasteiger partial charge in [-0.3, -0.25) is 18.9 Å². The van der Waals surface area contributed by atoms with Gasteiger partial charge in [-0.05, 0) is 121 Å². The first-order valence-corrected chi connectivity index (χ1v) is 25.4. The second-order valence-corrected chi connectivity index (χ2v) is 21.9. The van der Waals surface area contributed by atoms with Crippen molar-refractivity contribution in [3.63, 3.8) is 0 Å². The summed E-state index contributed by atoms with van der Waals surface area (Å²) < 4.78 is 42.6. The summed E-state index contributed by atoms with van der Waals surface area (Å²) in [5, 5.41) is 34.0. The van der Waals surface area contributed by atoms with E-state index in [4.69, 9.17) is 23.3 Å². The predicted molar refractivity (Wildman–Crippen MR) is 243 cm³/mol. The topological polar surface area (TPSA) is 175 Å². The maximum absolute atomic E-state index is 14.4. The number of aliphatic hydroxyl groups excluding tert-OH is 3. The third-order valence-corrected chi connectivity index (χ3v) is 17.9. The van der Waals surface area contributed by atoms with Crippen molar-refractivity contribution in [2.45, 2.75) is 130 Å². The molecular weight excluding hydrogens is 848 g/mol. The van der Waals surface area contributed by atoms with Gasteiger partial charge in [0, 0.05) is 12.8 Å². The number of hydrogen-bond acceptors (Lipinski definition) is 12. The van der Waals surface area contributed by atoms with Gasteiger partial charge in [0.2, 0.25) is 6.79 Å². The molecule has 0 heterocycles. The molecule has 12 atom stereocenters. The fraction of sp³-hybridized carbons (Fsp3) is 0.596. The van der Waals surface area contributed by atoms with Crippen LogP contribution in [0.2, 0.25) is 0 Å². The van der Waals surface area contributed by atoms with E-state index in [1.807, 2.05) is 91.0 Å². The molecule has 0 amide bonds. The van der Waals surface area contributed by atoms with Gasteiger partial charge in [-0.15, -0.1) is 0 Å². The molecule has 0 aliphatic heterocycles. The van der Waals surface area contributed by atoms with Gasteiger partial charge in [0.15, 0.2) is 0 Å². The Kier molecular flexibility index (Phi) is 16.4. The van der Waals surface area contributed by atoms with Gasteiger partial charge < -0.3 is 38.6 Å². The maximum Gasteiger partial charge on any atom is 0.332 e. The van der Waals surface area contributed by atoms with Crippen molar-refractivity contribution in [1.82, 2.24) is 0 Å². The molecule has 4 saturated carbocycles. The van der Waals surface area contributed by atoms with Crippen molar-refractivity contribution in [1.29, 1.82) is 0 Å². The minimum absolute atomic E-state index is 0.00232. The van der Waals surface area contributed by atoms with Crippen molar-refractivity contribution >= 4 is 25.5 Å². The summed E-state index contributed by atoms with van der Waals surface area (Å²) in [4.78, 5) is 39.7. The largest absolute Gasteiger partial charge is 0.461 e. The zero-order valence-corrected chi connectivity index (χ0v) is 39.1. The molecule has 65 heavy (non-hydrogen) atoms. The number of carbonyl (C=O) groups is 3. The van der Waals surface area contributed by atoms with Crippen molar-refractivity contribution < 1.29 is 57.5 Å². The fourth-order valence-corrected chi connectivity index (χ4v) is 14.2. The van der Waals surface area contributed by atoms with E-state index in [0.717, 1.165) is 48.8 Å². The Bertz CT molecular complexity index is 2020. The molecule has 0 saturated heterocycles. The Hall–Kier alpha value is -3.90. The molecule has 0 spiro atoms. The molecule has 0 bridgehead atoms. The number of hydrogen-bond donors (Lipinski definition) is 3. The van der Waals surface area contributed by atoms with Crippen molar-refractivity contribution in [2.24, 2.45) is 52.3 Å². The van der Waals surface area contributed by atoms with Gasteiger partial charge in [0.05, 0.1) is 43.6 Å². The van der Waals surface area contributed by atoms with E-state index in [-0.39, 0.29) is 97.7 Å². The van der Waals surface area contributed by atoms with Crippen LogP contribution in [0.4, 0.5) is 0 Å². The van der Waals surface area contributed by atoms with Gasteiger partial charge >= 0.3 is 25.5 Å². The number of fused-ring (bicyclic) bond motifs is 5. The summed E-state index contributed by atoms with van der Waals surface area (Å²) in [7, 11) is -3.96. The van der Waals surface area contributed by atoms with Crippen LogP contribution in [0.15, 0.2) is 91.0 Å². The lowest BCUT2D eigenvalue weighted by atomic mass is 9.43. The zero-order chi connectivity index (χ0) is 46.2. The van der Waals surface area contributed by atoms with Gasteiger partial charge in [0.25, 0.3) is 0 Å². The third-order valence-electron chi connectivity index (χ3n) is 16.0. The van der Waals surface area contributed by atoms with E-state index in [1.54, 1.807) is 0 Å². The molecule has 3 aromatic rings. The van der Waals surface area contributed by atoms with Crippen LogP contribution in [0.5, 0.6) is 0 Å². The Labute approximate surface area is 384 Å². The first kappa shape index (κ1) is 49.0. The number of carbonyl (C=O) groups excluding carboxylic acids is 3. The highest BCUT2D eigenvalue weighted by atomic mass is 31.2. The third kappa shape index (κ3) is 11.8. The molecule has 6 unspecified atom stereocenters. The number of rotatable bonds is 20. The predicted octanol–water partition coefficient (Wildman–Crippen LogP) is 9.17. The lowest BCUT2D eigenvalue weighted by molar-refractivity contribution is -0.207. The first-order valence-electron chi connectivity index (χ1n) is 23.7. The Morgan fingerprint density at radius 1 is 0.692 bits per heavy atom. The highest BCUT2D eigenvalue weighted by molar-refractivity contribution is 7.53. The average molecular weight is 917 g/mol. The highest BCUT2D eigenvalue weighted by Crippen LogP contribution is 2.68. The monoisotopic (exact) mass is 916 g/mol. The maximum atomic E-state index is 14.4. The molecule has 3 N–H and O–H groups in total. The molecule has 4 aliphatic rings.